The molecule has 0 radical (unpaired) electrons. The lowest BCUT2D eigenvalue weighted by atomic mass is 9.87. The summed E-state index contributed by atoms with van der Waals surface area (Å²) in [5, 5.41) is 3.30. The highest BCUT2D eigenvalue weighted by atomic mass is 19.1. The van der Waals surface area contributed by atoms with Gasteiger partial charge in [0, 0.05) is 5.69 Å². The number of halogens is 1. The number of hydrogen-bond donors (Lipinski definition) is 1. The van der Waals surface area contributed by atoms with Gasteiger partial charge in [-0.25, -0.2) is 9.18 Å². The Kier molecular flexibility index (Phi) is 5.97. The number of carbonyl (C=O) groups is 1. The van der Waals surface area contributed by atoms with Crippen molar-refractivity contribution in [1.29, 1.82) is 0 Å². The highest BCUT2D eigenvalue weighted by Gasteiger charge is 2.45. The fourth-order valence-corrected chi connectivity index (χ4v) is 4.45. The van der Waals surface area contributed by atoms with Crippen molar-refractivity contribution in [3.8, 4) is 23.0 Å². The zero-order chi connectivity index (χ0) is 25.4. The van der Waals surface area contributed by atoms with Crippen LogP contribution >= 0.6 is 0 Å². The van der Waals surface area contributed by atoms with Crippen LogP contribution in [0.4, 0.5) is 10.1 Å². The van der Waals surface area contributed by atoms with Crippen LogP contribution in [0.5, 0.6) is 23.0 Å². The van der Waals surface area contributed by atoms with Crippen LogP contribution in [-0.4, -0.2) is 33.3 Å². The molecular weight excluding hydrogens is 469 g/mol. The molecule has 184 valence electrons. The Morgan fingerprint density at radius 3 is 2.25 bits per heavy atom. The molecule has 1 amide bonds. The number of benzene rings is 3. The number of para-hydroxylation sites is 1. The molecule has 5 rings (SSSR count). The first-order chi connectivity index (χ1) is 17.4. The van der Waals surface area contributed by atoms with Gasteiger partial charge in [0.2, 0.25) is 5.75 Å². The zero-order valence-electron chi connectivity index (χ0n) is 19.7. The summed E-state index contributed by atoms with van der Waals surface area (Å²) in [5.74, 6) is -0.501. The Bertz CT molecular complexity index is 1490. The number of ether oxygens (including phenoxy) is 4. The quantitative estimate of drug-likeness (QED) is 0.397. The summed E-state index contributed by atoms with van der Waals surface area (Å²) in [4.78, 5) is 26.7. The van der Waals surface area contributed by atoms with E-state index in [0.717, 1.165) is 0 Å². The van der Waals surface area contributed by atoms with Gasteiger partial charge in [0.1, 0.15) is 17.1 Å². The standard InChI is InChI=1S/C27H22FNO7/c1-32-19-12-14(13-20(33-2)24(19)34-3)21-22-23(17-6-4-5-7-18(17)35-27(22)31)36-25(21)26(30)29-16-10-8-15(28)9-11-16/h4-13,21,25H,1-3H3,(H,29,30)/t21-,25+/m1/s1. The Morgan fingerprint density at radius 1 is 0.944 bits per heavy atom. The van der Waals surface area contributed by atoms with Gasteiger partial charge < -0.3 is 28.7 Å². The minimum atomic E-state index is -1.15. The van der Waals surface area contributed by atoms with Crippen molar-refractivity contribution in [3.05, 3.63) is 88.0 Å². The highest BCUT2D eigenvalue weighted by molar-refractivity contribution is 5.97. The summed E-state index contributed by atoms with van der Waals surface area (Å²) >= 11 is 0. The normalized spacial score (nSPS) is 16.2. The topological polar surface area (TPSA) is 96.2 Å². The van der Waals surface area contributed by atoms with Gasteiger partial charge in [-0.3, -0.25) is 4.79 Å². The van der Waals surface area contributed by atoms with Crippen LogP contribution in [0.1, 0.15) is 17.0 Å². The summed E-state index contributed by atoms with van der Waals surface area (Å²) in [5.41, 5.74) is 0.804. The number of fused-ring (bicyclic) bond motifs is 3. The van der Waals surface area contributed by atoms with Crippen LogP contribution in [0.25, 0.3) is 11.0 Å². The maximum atomic E-state index is 13.5. The molecule has 1 aliphatic rings. The van der Waals surface area contributed by atoms with Gasteiger partial charge >= 0.3 is 5.63 Å². The van der Waals surface area contributed by atoms with Gasteiger partial charge in [0.25, 0.3) is 5.91 Å². The van der Waals surface area contributed by atoms with E-state index in [1.807, 2.05) is 0 Å². The van der Waals surface area contributed by atoms with Crippen LogP contribution in [0.2, 0.25) is 0 Å². The smallest absolute Gasteiger partial charge is 0.344 e. The Hall–Kier alpha value is -4.53. The second kappa shape index (κ2) is 9.26. The lowest BCUT2D eigenvalue weighted by molar-refractivity contribution is -0.122. The van der Waals surface area contributed by atoms with Crippen LogP contribution in [0.15, 0.2) is 69.9 Å². The summed E-state index contributed by atoms with van der Waals surface area (Å²) in [6.45, 7) is 0. The molecule has 9 heteroatoms. The van der Waals surface area contributed by atoms with E-state index in [1.165, 1.54) is 45.6 Å². The maximum absolute atomic E-state index is 13.5. The monoisotopic (exact) mass is 491 g/mol. The fraction of sp³-hybridized carbons (Fsp3) is 0.185. The number of nitrogens with one attached hydrogen (secondary N) is 1. The first-order valence-electron chi connectivity index (χ1n) is 11.0. The number of anilines is 1. The third kappa shape index (κ3) is 3.88. The van der Waals surface area contributed by atoms with E-state index >= 15 is 0 Å². The summed E-state index contributed by atoms with van der Waals surface area (Å²) in [7, 11) is 4.43. The van der Waals surface area contributed by atoms with E-state index in [2.05, 4.69) is 5.32 Å². The number of rotatable bonds is 6. The maximum Gasteiger partial charge on any atom is 0.344 e. The lowest BCUT2D eigenvalue weighted by Crippen LogP contribution is -2.35. The van der Waals surface area contributed by atoms with Crippen LogP contribution in [0.3, 0.4) is 0 Å². The molecule has 0 saturated heterocycles. The van der Waals surface area contributed by atoms with E-state index in [1.54, 1.807) is 36.4 Å². The molecule has 1 aromatic heterocycles. The van der Waals surface area contributed by atoms with Crippen LogP contribution in [0, 0.1) is 5.82 Å². The second-order valence-electron chi connectivity index (χ2n) is 8.10. The van der Waals surface area contributed by atoms with Crippen molar-refractivity contribution in [2.24, 2.45) is 0 Å². The number of methoxy groups -OCH3 is 3. The molecule has 0 bridgehead atoms. The lowest BCUT2D eigenvalue weighted by Gasteiger charge is -2.21. The zero-order valence-corrected chi connectivity index (χ0v) is 19.7. The average Bonchev–Trinajstić information content (AvgIpc) is 3.31. The molecule has 0 aliphatic carbocycles. The van der Waals surface area contributed by atoms with Gasteiger partial charge in [-0.05, 0) is 54.1 Å². The molecule has 0 saturated carbocycles. The van der Waals surface area contributed by atoms with Crippen molar-refractivity contribution in [3.63, 3.8) is 0 Å². The van der Waals surface area contributed by atoms with E-state index in [0.29, 0.717) is 39.5 Å². The minimum Gasteiger partial charge on any atom is -0.493 e. The first kappa shape index (κ1) is 23.2. The predicted molar refractivity (Wildman–Crippen MR) is 130 cm³/mol. The molecule has 4 aromatic rings. The van der Waals surface area contributed by atoms with E-state index < -0.39 is 29.4 Å². The molecule has 36 heavy (non-hydrogen) atoms. The summed E-state index contributed by atoms with van der Waals surface area (Å²) in [6.07, 6.45) is -1.15. The number of amides is 1. The SMILES string of the molecule is COc1cc([C@@H]2c3c(c4ccccc4oc3=O)O[C@@H]2C(=O)Nc2ccc(F)cc2)cc(OC)c1OC. The van der Waals surface area contributed by atoms with Gasteiger partial charge in [-0.1, -0.05) is 12.1 Å². The van der Waals surface area contributed by atoms with Crippen molar-refractivity contribution in [2.75, 3.05) is 26.6 Å². The third-order valence-electron chi connectivity index (χ3n) is 6.07. The highest BCUT2D eigenvalue weighted by Crippen LogP contribution is 2.48. The summed E-state index contributed by atoms with van der Waals surface area (Å²) in [6, 6.07) is 15.6. The van der Waals surface area contributed by atoms with Gasteiger partial charge in [0.05, 0.1) is 38.2 Å². The van der Waals surface area contributed by atoms with Gasteiger partial charge in [-0.2, -0.15) is 0 Å². The van der Waals surface area contributed by atoms with Crippen LogP contribution in [-0.2, 0) is 4.79 Å². The molecule has 2 atom stereocenters. The van der Waals surface area contributed by atoms with Crippen molar-refractivity contribution >= 4 is 22.6 Å². The van der Waals surface area contributed by atoms with E-state index in [-0.39, 0.29) is 11.3 Å². The summed E-state index contributed by atoms with van der Waals surface area (Å²) < 4.78 is 41.5. The van der Waals surface area contributed by atoms with Gasteiger partial charge in [-0.15, -0.1) is 0 Å². The predicted octanol–water partition coefficient (Wildman–Crippen LogP) is 4.49. The van der Waals surface area contributed by atoms with E-state index in [4.69, 9.17) is 23.4 Å². The molecule has 0 spiro atoms. The second-order valence-corrected chi connectivity index (χ2v) is 8.10. The molecule has 0 fully saturated rings. The van der Waals surface area contributed by atoms with Crippen molar-refractivity contribution in [1.82, 2.24) is 0 Å². The molecule has 8 nitrogen and oxygen atoms in total. The largest absolute Gasteiger partial charge is 0.493 e. The Balaban J connectivity index is 1.68. The van der Waals surface area contributed by atoms with Crippen molar-refractivity contribution in [2.45, 2.75) is 12.0 Å². The molecular formula is C27H22FNO7. The molecule has 2 heterocycles. The molecule has 1 N–H and O–H groups in total. The average molecular weight is 491 g/mol. The number of hydrogen-bond acceptors (Lipinski definition) is 7. The first-order valence-corrected chi connectivity index (χ1v) is 11.0. The molecule has 0 unspecified atom stereocenters. The van der Waals surface area contributed by atoms with Crippen LogP contribution < -0.4 is 29.9 Å². The fourth-order valence-electron chi connectivity index (χ4n) is 4.45. The Morgan fingerprint density at radius 2 is 1.61 bits per heavy atom. The Labute approximate surface area is 205 Å². The minimum absolute atomic E-state index is 0.197. The van der Waals surface area contributed by atoms with E-state index in [9.17, 15) is 14.0 Å². The molecule has 3 aromatic carbocycles. The molecule has 1 aliphatic heterocycles. The number of carbonyl (C=O) groups excluding carboxylic acids is 1. The van der Waals surface area contributed by atoms with Crippen molar-refractivity contribution < 1.29 is 32.5 Å². The van der Waals surface area contributed by atoms with Gasteiger partial charge in [0.15, 0.2) is 17.6 Å². The third-order valence-corrected chi connectivity index (χ3v) is 6.07.